The first-order chi connectivity index (χ1) is 5.72. The first-order valence-electron chi connectivity index (χ1n) is 3.85. The van der Waals surface area contributed by atoms with Crippen molar-refractivity contribution < 1.29 is 21.8 Å². The number of nitrogens with zero attached hydrogens (tertiary/aromatic N) is 2. The van der Waals surface area contributed by atoms with E-state index in [9.17, 15) is 17.3 Å². The van der Waals surface area contributed by atoms with Crippen molar-refractivity contribution in [2.75, 3.05) is 27.2 Å². The maximum absolute atomic E-state index is 9.75. The number of hydrogen-bond donors (Lipinski definition) is 0. The quantitative estimate of drug-likeness (QED) is 0.324. The van der Waals surface area contributed by atoms with Crippen LogP contribution in [0.4, 0.5) is 17.3 Å². The fourth-order valence-electron chi connectivity index (χ4n) is 0.915. The lowest BCUT2D eigenvalue weighted by Gasteiger charge is -1.98. The standard InChI is InChI=1S/C6H13N2.BF4/c1-6-7(2)4-5-8(6)3;2-1(3,4)5/h4-5H2,1-3H3;/q+1;-1. The lowest BCUT2D eigenvalue weighted by atomic mass is 10.3. The number of amidine groups is 1. The van der Waals surface area contributed by atoms with Gasteiger partial charge in [-0.1, -0.05) is 0 Å². The van der Waals surface area contributed by atoms with Crippen molar-refractivity contribution in [3.05, 3.63) is 0 Å². The first-order valence-corrected chi connectivity index (χ1v) is 3.85. The molecule has 1 rings (SSSR count). The van der Waals surface area contributed by atoms with E-state index >= 15 is 0 Å². The molecule has 0 radical (unpaired) electrons. The Labute approximate surface area is 74.9 Å². The maximum Gasteiger partial charge on any atom is 0.673 e. The van der Waals surface area contributed by atoms with Gasteiger partial charge >= 0.3 is 7.25 Å². The van der Waals surface area contributed by atoms with Gasteiger partial charge in [0.25, 0.3) is 0 Å². The number of likely N-dealkylation sites (N-methyl/N-ethyl adjacent to an activating group) is 2. The fraction of sp³-hybridized carbons (Fsp3) is 0.833. The van der Waals surface area contributed by atoms with Gasteiger partial charge in [-0.3, -0.25) is 9.48 Å². The Bertz CT molecular complexity index is 195. The molecule has 0 N–H and O–H groups in total. The Kier molecular flexibility index (Phi) is 4.22. The van der Waals surface area contributed by atoms with Gasteiger partial charge in [-0.25, -0.2) is 0 Å². The van der Waals surface area contributed by atoms with E-state index < -0.39 is 7.25 Å². The van der Waals surface area contributed by atoms with Crippen molar-refractivity contribution in [1.82, 2.24) is 4.90 Å². The third-order valence-electron chi connectivity index (χ3n) is 1.88. The Balaban J connectivity index is 0.000000252. The van der Waals surface area contributed by atoms with Crippen LogP contribution < -0.4 is 0 Å². The molecule has 7 heteroatoms. The van der Waals surface area contributed by atoms with E-state index in [0.29, 0.717) is 0 Å². The van der Waals surface area contributed by atoms with Gasteiger partial charge in [-0.2, -0.15) is 0 Å². The highest BCUT2D eigenvalue weighted by Crippen LogP contribution is 2.06. The van der Waals surface area contributed by atoms with Crippen LogP contribution in [0.2, 0.25) is 0 Å². The third-order valence-corrected chi connectivity index (χ3v) is 1.88. The van der Waals surface area contributed by atoms with Crippen LogP contribution in [0.5, 0.6) is 0 Å². The fourth-order valence-corrected chi connectivity index (χ4v) is 0.915. The predicted octanol–water partition coefficient (Wildman–Crippen LogP) is 1.29. The van der Waals surface area contributed by atoms with Gasteiger partial charge < -0.3 is 17.3 Å². The molecule has 0 saturated heterocycles. The summed E-state index contributed by atoms with van der Waals surface area (Å²) < 4.78 is 41.3. The van der Waals surface area contributed by atoms with Crippen molar-refractivity contribution >= 4 is 13.1 Å². The zero-order valence-electron chi connectivity index (χ0n) is 7.90. The van der Waals surface area contributed by atoms with Crippen molar-refractivity contribution in [3.8, 4) is 0 Å². The minimum Gasteiger partial charge on any atom is -0.418 e. The largest absolute Gasteiger partial charge is 0.673 e. The molecule has 13 heavy (non-hydrogen) atoms. The van der Waals surface area contributed by atoms with E-state index in [1.54, 1.807) is 0 Å². The zero-order valence-corrected chi connectivity index (χ0v) is 7.90. The van der Waals surface area contributed by atoms with Gasteiger partial charge in [0.2, 0.25) is 5.84 Å². The molecule has 0 spiro atoms. The van der Waals surface area contributed by atoms with E-state index in [-0.39, 0.29) is 0 Å². The lowest BCUT2D eigenvalue weighted by molar-refractivity contribution is -0.487. The average molecular weight is 200 g/mol. The molecule has 0 aliphatic carbocycles. The highest BCUT2D eigenvalue weighted by molar-refractivity contribution is 6.50. The summed E-state index contributed by atoms with van der Waals surface area (Å²) in [5.41, 5.74) is 0. The van der Waals surface area contributed by atoms with Gasteiger partial charge in [0.15, 0.2) is 0 Å². The normalized spacial score (nSPS) is 17.3. The molecule has 1 aliphatic rings. The molecule has 0 amide bonds. The van der Waals surface area contributed by atoms with Gasteiger partial charge in [0.05, 0.1) is 14.1 Å². The SMILES string of the molecule is CC1=[N+](C)CCN1C.F[B-](F)(F)F. The molecule has 0 aromatic carbocycles. The molecule has 0 fully saturated rings. The van der Waals surface area contributed by atoms with E-state index in [1.165, 1.54) is 18.9 Å². The monoisotopic (exact) mass is 200 g/mol. The second kappa shape index (κ2) is 4.48. The molecular formula is C6H13BF4N2. The van der Waals surface area contributed by atoms with Crippen LogP contribution in [0, 0.1) is 0 Å². The van der Waals surface area contributed by atoms with Gasteiger partial charge in [0, 0.05) is 6.92 Å². The first kappa shape index (κ1) is 12.3. The summed E-state index contributed by atoms with van der Waals surface area (Å²) in [5, 5.41) is 0. The van der Waals surface area contributed by atoms with E-state index in [1.807, 2.05) is 0 Å². The molecule has 0 unspecified atom stereocenters. The van der Waals surface area contributed by atoms with Crippen molar-refractivity contribution in [2.45, 2.75) is 6.92 Å². The molecule has 0 aromatic heterocycles. The molecule has 2 nitrogen and oxygen atoms in total. The summed E-state index contributed by atoms with van der Waals surface area (Å²) in [6.07, 6.45) is 0. The van der Waals surface area contributed by atoms with Crippen LogP contribution in [0.3, 0.4) is 0 Å². The Morgan fingerprint density at radius 3 is 1.77 bits per heavy atom. The van der Waals surface area contributed by atoms with E-state index in [2.05, 4.69) is 30.5 Å². The van der Waals surface area contributed by atoms with Crippen molar-refractivity contribution in [1.29, 1.82) is 0 Å². The summed E-state index contributed by atoms with van der Waals surface area (Å²) in [7, 11) is -1.75. The summed E-state index contributed by atoms with van der Waals surface area (Å²) in [4.78, 5) is 2.26. The smallest absolute Gasteiger partial charge is 0.418 e. The van der Waals surface area contributed by atoms with Crippen LogP contribution in [-0.4, -0.2) is 49.8 Å². The molecule has 0 bridgehead atoms. The Hall–Kier alpha value is -0.745. The van der Waals surface area contributed by atoms with Crippen molar-refractivity contribution in [3.63, 3.8) is 0 Å². The summed E-state index contributed by atoms with van der Waals surface area (Å²) in [6.45, 7) is 4.51. The molecule has 78 valence electrons. The minimum absolute atomic E-state index is 1.18. The molecule has 0 aromatic rings. The van der Waals surface area contributed by atoms with Crippen LogP contribution in [-0.2, 0) is 0 Å². The molecular weight excluding hydrogens is 187 g/mol. The van der Waals surface area contributed by atoms with Gasteiger partial charge in [-0.05, 0) is 0 Å². The molecule has 1 heterocycles. The zero-order chi connectivity index (χ0) is 10.6. The summed E-state index contributed by atoms with van der Waals surface area (Å²) >= 11 is 0. The van der Waals surface area contributed by atoms with Crippen LogP contribution >= 0.6 is 0 Å². The maximum atomic E-state index is 9.75. The van der Waals surface area contributed by atoms with Crippen molar-refractivity contribution in [2.24, 2.45) is 0 Å². The van der Waals surface area contributed by atoms with Crippen LogP contribution in [0.15, 0.2) is 0 Å². The average Bonchev–Trinajstić information content (AvgIpc) is 2.16. The molecule has 1 aliphatic heterocycles. The summed E-state index contributed by atoms with van der Waals surface area (Å²) in [5.74, 6) is 1.38. The van der Waals surface area contributed by atoms with Crippen LogP contribution in [0.1, 0.15) is 6.92 Å². The number of hydrogen-bond acceptors (Lipinski definition) is 1. The highest BCUT2D eigenvalue weighted by Gasteiger charge is 2.20. The number of halogens is 4. The second-order valence-electron chi connectivity index (χ2n) is 2.89. The molecule has 0 atom stereocenters. The molecule has 0 saturated carbocycles. The number of rotatable bonds is 0. The highest BCUT2D eigenvalue weighted by atomic mass is 19.5. The lowest BCUT2D eigenvalue weighted by Crippen LogP contribution is -2.20. The Morgan fingerprint density at radius 2 is 1.69 bits per heavy atom. The van der Waals surface area contributed by atoms with E-state index in [0.717, 1.165) is 0 Å². The van der Waals surface area contributed by atoms with Gasteiger partial charge in [-0.15, -0.1) is 0 Å². The minimum atomic E-state index is -6.00. The predicted molar refractivity (Wildman–Crippen MR) is 44.5 cm³/mol. The second-order valence-corrected chi connectivity index (χ2v) is 2.89. The van der Waals surface area contributed by atoms with Crippen LogP contribution in [0.25, 0.3) is 0 Å². The van der Waals surface area contributed by atoms with Gasteiger partial charge in [0.1, 0.15) is 13.1 Å². The summed E-state index contributed by atoms with van der Waals surface area (Å²) in [6, 6.07) is 0. The van der Waals surface area contributed by atoms with E-state index in [4.69, 9.17) is 0 Å². The third kappa shape index (κ3) is 6.42. The topological polar surface area (TPSA) is 6.25 Å². The Morgan fingerprint density at radius 1 is 1.31 bits per heavy atom.